The van der Waals surface area contributed by atoms with Crippen molar-refractivity contribution in [1.82, 2.24) is 4.98 Å². The van der Waals surface area contributed by atoms with Crippen LogP contribution >= 0.6 is 11.3 Å². The summed E-state index contributed by atoms with van der Waals surface area (Å²) in [6.45, 7) is -0.341. The highest BCUT2D eigenvalue weighted by Crippen LogP contribution is 2.37. The number of fused-ring (bicyclic) bond motifs is 1. The summed E-state index contributed by atoms with van der Waals surface area (Å²) < 4.78 is 10.3. The Hall–Kier alpha value is -4.50. The second-order valence-electron chi connectivity index (χ2n) is 7.97. The minimum Gasteiger partial charge on any atom is -0.482 e. The number of thiazole rings is 1. The molecule has 0 radical (unpaired) electrons. The lowest BCUT2D eigenvalue weighted by atomic mass is 10.1. The van der Waals surface area contributed by atoms with Crippen LogP contribution in [-0.2, 0) is 14.3 Å². The summed E-state index contributed by atoms with van der Waals surface area (Å²) in [5.74, 6) is -0.645. The van der Waals surface area contributed by atoms with Gasteiger partial charge in [-0.15, -0.1) is 11.3 Å². The molecule has 2 amide bonds. The van der Waals surface area contributed by atoms with E-state index < -0.39 is 5.97 Å². The van der Waals surface area contributed by atoms with Gasteiger partial charge in [0.25, 0.3) is 5.91 Å². The van der Waals surface area contributed by atoms with Crippen molar-refractivity contribution in [2.24, 2.45) is 0 Å². The first-order valence-corrected chi connectivity index (χ1v) is 12.0. The SMILES string of the molecule is COC(=O)c1ccc(NC(=O)CN2C(=O)COc3ccc(-c4csc(-c5ccccc5)n4)cc32)cc1. The molecule has 180 valence electrons. The van der Waals surface area contributed by atoms with Crippen LogP contribution in [0.5, 0.6) is 5.75 Å². The van der Waals surface area contributed by atoms with E-state index in [1.165, 1.54) is 23.3 Å². The number of methoxy groups -OCH3 is 1. The molecule has 1 aliphatic rings. The molecule has 0 atom stereocenters. The fourth-order valence-electron chi connectivity index (χ4n) is 3.81. The van der Waals surface area contributed by atoms with Gasteiger partial charge in [-0.05, 0) is 42.5 Å². The van der Waals surface area contributed by atoms with Gasteiger partial charge >= 0.3 is 5.97 Å². The van der Waals surface area contributed by atoms with Gasteiger partial charge in [-0.2, -0.15) is 0 Å². The monoisotopic (exact) mass is 499 g/mol. The predicted molar refractivity (Wildman–Crippen MR) is 137 cm³/mol. The summed E-state index contributed by atoms with van der Waals surface area (Å²) >= 11 is 1.54. The molecular formula is C27H21N3O5S. The summed E-state index contributed by atoms with van der Waals surface area (Å²) in [4.78, 5) is 43.2. The number of carbonyl (C=O) groups is 3. The first-order chi connectivity index (χ1) is 17.5. The lowest BCUT2D eigenvalue weighted by molar-refractivity contribution is -0.123. The highest BCUT2D eigenvalue weighted by Gasteiger charge is 2.28. The van der Waals surface area contributed by atoms with Crippen LogP contribution in [0.1, 0.15) is 10.4 Å². The summed E-state index contributed by atoms with van der Waals surface area (Å²) in [5, 5.41) is 5.61. The summed E-state index contributed by atoms with van der Waals surface area (Å²) in [6.07, 6.45) is 0. The number of rotatable bonds is 6. The van der Waals surface area contributed by atoms with E-state index in [-0.39, 0.29) is 25.0 Å². The molecule has 0 fully saturated rings. The molecule has 0 aliphatic carbocycles. The van der Waals surface area contributed by atoms with Gasteiger partial charge < -0.3 is 14.8 Å². The number of nitrogens with one attached hydrogen (secondary N) is 1. The van der Waals surface area contributed by atoms with Gasteiger partial charge in [0.15, 0.2) is 6.61 Å². The highest BCUT2D eigenvalue weighted by atomic mass is 32.1. The Bertz CT molecular complexity index is 1430. The average Bonchev–Trinajstić information content (AvgIpc) is 3.41. The van der Waals surface area contributed by atoms with Gasteiger partial charge in [0.1, 0.15) is 17.3 Å². The van der Waals surface area contributed by atoms with Crippen LogP contribution in [-0.4, -0.2) is 43.0 Å². The van der Waals surface area contributed by atoms with Crippen molar-refractivity contribution in [1.29, 1.82) is 0 Å². The number of nitrogens with zero attached hydrogens (tertiary/aromatic N) is 2. The molecule has 1 N–H and O–H groups in total. The van der Waals surface area contributed by atoms with E-state index in [2.05, 4.69) is 10.1 Å². The number of benzene rings is 3. The fourth-order valence-corrected chi connectivity index (χ4v) is 4.64. The number of ether oxygens (including phenoxy) is 2. The minimum absolute atomic E-state index is 0.150. The van der Waals surface area contributed by atoms with Gasteiger partial charge in [-0.3, -0.25) is 14.5 Å². The van der Waals surface area contributed by atoms with Crippen molar-refractivity contribution < 1.29 is 23.9 Å². The molecule has 2 heterocycles. The van der Waals surface area contributed by atoms with Crippen molar-refractivity contribution in [2.75, 3.05) is 30.5 Å². The topological polar surface area (TPSA) is 97.8 Å². The third-order valence-corrected chi connectivity index (χ3v) is 6.51. The van der Waals surface area contributed by atoms with E-state index in [9.17, 15) is 14.4 Å². The van der Waals surface area contributed by atoms with Crippen molar-refractivity contribution in [3.63, 3.8) is 0 Å². The molecule has 8 nitrogen and oxygen atoms in total. The molecule has 0 saturated carbocycles. The zero-order valence-electron chi connectivity index (χ0n) is 19.3. The molecule has 0 bridgehead atoms. The second kappa shape index (κ2) is 10.0. The Kier molecular flexibility index (Phi) is 6.46. The van der Waals surface area contributed by atoms with Gasteiger partial charge in [0.2, 0.25) is 5.91 Å². The van der Waals surface area contributed by atoms with Crippen molar-refractivity contribution >= 4 is 40.5 Å². The van der Waals surface area contributed by atoms with Crippen molar-refractivity contribution in [2.45, 2.75) is 0 Å². The second-order valence-corrected chi connectivity index (χ2v) is 8.83. The van der Waals surface area contributed by atoms with Gasteiger partial charge in [-0.1, -0.05) is 30.3 Å². The molecule has 36 heavy (non-hydrogen) atoms. The molecule has 1 aromatic heterocycles. The normalized spacial score (nSPS) is 12.5. The van der Waals surface area contributed by atoms with E-state index in [1.807, 2.05) is 47.8 Å². The maximum Gasteiger partial charge on any atom is 0.337 e. The lowest BCUT2D eigenvalue weighted by Crippen LogP contribution is -2.43. The fraction of sp³-hybridized carbons (Fsp3) is 0.111. The molecule has 0 spiro atoms. The zero-order chi connectivity index (χ0) is 25.1. The Balaban J connectivity index is 1.35. The van der Waals surface area contributed by atoms with Crippen LogP contribution < -0.4 is 15.0 Å². The van der Waals surface area contributed by atoms with Crippen LogP contribution in [0.4, 0.5) is 11.4 Å². The molecule has 1 aliphatic heterocycles. The Morgan fingerprint density at radius 3 is 2.58 bits per heavy atom. The van der Waals surface area contributed by atoms with E-state index in [0.717, 1.165) is 21.8 Å². The number of amides is 2. The first-order valence-electron chi connectivity index (χ1n) is 11.1. The third kappa shape index (κ3) is 4.82. The van der Waals surface area contributed by atoms with Gasteiger partial charge in [0.05, 0.1) is 24.1 Å². The van der Waals surface area contributed by atoms with Crippen LogP contribution in [0.25, 0.3) is 21.8 Å². The zero-order valence-corrected chi connectivity index (χ0v) is 20.1. The molecule has 3 aromatic carbocycles. The summed E-state index contributed by atoms with van der Waals surface area (Å²) in [7, 11) is 1.30. The van der Waals surface area contributed by atoms with E-state index >= 15 is 0 Å². The summed E-state index contributed by atoms with van der Waals surface area (Å²) in [6, 6.07) is 21.7. The number of carbonyl (C=O) groups excluding carboxylic acids is 3. The lowest BCUT2D eigenvalue weighted by Gasteiger charge is -2.29. The largest absolute Gasteiger partial charge is 0.482 e. The summed E-state index contributed by atoms with van der Waals surface area (Å²) in [5.41, 5.74) is 4.00. The Morgan fingerprint density at radius 2 is 1.83 bits per heavy atom. The number of hydrogen-bond donors (Lipinski definition) is 1. The molecule has 0 unspecified atom stereocenters. The molecule has 4 aromatic rings. The quantitative estimate of drug-likeness (QED) is 0.389. The maximum atomic E-state index is 12.8. The van der Waals surface area contributed by atoms with Crippen LogP contribution in [0.3, 0.4) is 0 Å². The molecule has 9 heteroatoms. The van der Waals surface area contributed by atoms with E-state index in [4.69, 9.17) is 9.72 Å². The van der Waals surface area contributed by atoms with E-state index in [1.54, 1.807) is 30.3 Å². The Labute approximate surface area is 211 Å². The maximum absolute atomic E-state index is 12.8. The molecular weight excluding hydrogens is 478 g/mol. The first kappa shape index (κ1) is 23.3. The van der Waals surface area contributed by atoms with Gasteiger partial charge in [0, 0.05) is 22.2 Å². The molecule has 0 saturated heterocycles. The van der Waals surface area contributed by atoms with Crippen LogP contribution in [0.15, 0.2) is 78.2 Å². The van der Waals surface area contributed by atoms with Gasteiger partial charge in [-0.25, -0.2) is 9.78 Å². The highest BCUT2D eigenvalue weighted by molar-refractivity contribution is 7.13. The predicted octanol–water partition coefficient (Wildman–Crippen LogP) is 4.63. The van der Waals surface area contributed by atoms with Crippen molar-refractivity contribution in [3.8, 4) is 27.6 Å². The molecule has 5 rings (SSSR count). The Morgan fingerprint density at radius 1 is 1.06 bits per heavy atom. The number of anilines is 2. The average molecular weight is 500 g/mol. The number of esters is 1. The smallest absolute Gasteiger partial charge is 0.337 e. The van der Waals surface area contributed by atoms with E-state index in [0.29, 0.717) is 22.7 Å². The number of hydrogen-bond acceptors (Lipinski definition) is 7. The van der Waals surface area contributed by atoms with Crippen LogP contribution in [0, 0.1) is 0 Å². The van der Waals surface area contributed by atoms with Crippen LogP contribution in [0.2, 0.25) is 0 Å². The minimum atomic E-state index is -0.463. The third-order valence-electron chi connectivity index (χ3n) is 5.61. The standard InChI is InChI=1S/C27H21N3O5S/c1-34-27(33)18-7-10-20(11-8-18)28-24(31)14-30-22-13-19(9-12-23(22)35-15-25(30)32)21-16-36-26(29-21)17-5-3-2-4-6-17/h2-13,16H,14-15H2,1H3,(H,28,31). The van der Waals surface area contributed by atoms with Crippen molar-refractivity contribution in [3.05, 3.63) is 83.7 Å². The number of aromatic nitrogens is 1.